The number of benzene rings is 5. The van der Waals surface area contributed by atoms with E-state index < -0.39 is 21.6 Å². The van der Waals surface area contributed by atoms with Gasteiger partial charge >= 0.3 is 243 Å². The summed E-state index contributed by atoms with van der Waals surface area (Å²) in [6, 6.07) is 41.4. The van der Waals surface area contributed by atoms with Gasteiger partial charge in [-0.3, -0.25) is 0 Å². The fraction of sp³-hybridized carbons (Fsp3) is 0.118. The molecule has 0 bridgehead atoms. The second-order valence-electron chi connectivity index (χ2n) is 10.9. The second-order valence-corrected chi connectivity index (χ2v) is 59.8. The Morgan fingerprint density at radius 1 is 0.641 bits per heavy atom. The summed E-state index contributed by atoms with van der Waals surface area (Å²) in [5, 5.41) is 2.54. The number of nitrogens with one attached hydrogen (secondary N) is 1. The topological polar surface area (TPSA) is 12.0 Å². The van der Waals surface area contributed by atoms with Crippen LogP contribution in [0.5, 0.6) is 0 Å². The quantitative estimate of drug-likeness (QED) is 0.177. The van der Waals surface area contributed by atoms with Crippen LogP contribution < -0.4 is 17.0 Å². The van der Waals surface area contributed by atoms with E-state index in [-0.39, 0.29) is 0 Å². The molecule has 6 rings (SSSR count). The molecule has 5 heteroatoms. The molecule has 0 aromatic heterocycles. The number of aryl methyl sites for hydroxylation is 3. The monoisotopic (exact) mass is 732 g/mol. The molecule has 0 spiro atoms. The maximum atomic E-state index is 8.44. The van der Waals surface area contributed by atoms with Gasteiger partial charge in [-0.25, -0.2) is 0 Å². The van der Waals surface area contributed by atoms with Gasteiger partial charge in [-0.05, 0) is 0 Å². The molecule has 5 aromatic rings. The summed E-state index contributed by atoms with van der Waals surface area (Å²) in [6.07, 6.45) is 0.853. The molecule has 1 aliphatic carbocycles. The van der Waals surface area contributed by atoms with Crippen molar-refractivity contribution in [1.82, 2.24) is 0 Å². The van der Waals surface area contributed by atoms with E-state index in [1.807, 2.05) is 0 Å². The summed E-state index contributed by atoms with van der Waals surface area (Å²) >= 11 is -5.37. The van der Waals surface area contributed by atoms with E-state index >= 15 is 0 Å². The maximum absolute atomic E-state index is 8.44. The summed E-state index contributed by atoms with van der Waals surface area (Å²) in [6.45, 7) is 6.48. The molecule has 1 aliphatic rings. The van der Waals surface area contributed by atoms with Gasteiger partial charge in [0, 0.05) is 0 Å². The molecule has 0 aliphatic heterocycles. The molecule has 5 aromatic carbocycles. The molecular weight excluding hydrogens is 700 g/mol. The van der Waals surface area contributed by atoms with Crippen LogP contribution in [0.4, 0.5) is 5.69 Å². The standard InChI is InChI=1S/C13H9.C12H11Si.C9H12N.2ClH.Hf/c1-3-7-12-10(5-1)9-11-6-2-4-8-13(11)12;1-3-7-11(8-4-1)13-12-9-5-2-6-10-12;1-6-4-7(2)9(10)8(3)5-6;;;/h1-5,7-8H,9H2;1-10,13H;4-5,10H,1-3H3;2*1H;/q;;-1;;;+3/p-2. The molecule has 0 heterocycles. The zero-order valence-electron chi connectivity index (χ0n) is 22.5. The van der Waals surface area contributed by atoms with Crippen LogP contribution in [0.1, 0.15) is 27.8 Å². The summed E-state index contributed by atoms with van der Waals surface area (Å²) in [4.78, 5) is 0. The first-order chi connectivity index (χ1) is 18.7. The van der Waals surface area contributed by atoms with Crippen LogP contribution in [0.25, 0.3) is 11.1 Å². The zero-order valence-corrected chi connectivity index (χ0v) is 28.8. The first-order valence-corrected chi connectivity index (χ1v) is 33.9. The third-order valence-corrected chi connectivity index (χ3v) is 56.5. The second kappa shape index (κ2) is 10.2. The minimum atomic E-state index is -5.37. The van der Waals surface area contributed by atoms with Crippen molar-refractivity contribution >= 4 is 42.5 Å². The van der Waals surface area contributed by atoms with Gasteiger partial charge in [0.05, 0.1) is 0 Å². The number of anilines is 1. The fourth-order valence-electron chi connectivity index (χ4n) is 6.56. The van der Waals surface area contributed by atoms with Crippen LogP contribution in [0, 0.1) is 20.8 Å². The zero-order chi connectivity index (χ0) is 27.2. The van der Waals surface area contributed by atoms with E-state index in [1.54, 1.807) is 0 Å². The van der Waals surface area contributed by atoms with E-state index in [1.165, 1.54) is 49.3 Å². The first kappa shape index (κ1) is 26.8. The summed E-state index contributed by atoms with van der Waals surface area (Å²) in [7, 11) is 16.9. The summed E-state index contributed by atoms with van der Waals surface area (Å²) in [5.41, 5.74) is 9.88. The Bertz CT molecular complexity index is 1620. The van der Waals surface area contributed by atoms with Gasteiger partial charge in [0.2, 0.25) is 0 Å². The Morgan fingerprint density at radius 2 is 1.18 bits per heavy atom. The van der Waals surface area contributed by atoms with Gasteiger partial charge in [0.1, 0.15) is 0 Å². The van der Waals surface area contributed by atoms with Crippen molar-refractivity contribution in [2.45, 2.75) is 27.2 Å². The Hall–Kier alpha value is -2.43. The van der Waals surface area contributed by atoms with Crippen LogP contribution in [-0.2, 0) is 22.0 Å². The minimum absolute atomic E-state index is 0.853. The molecule has 195 valence electrons. The van der Waals surface area contributed by atoms with Crippen molar-refractivity contribution < 1.29 is 15.6 Å². The Labute approximate surface area is 241 Å². The predicted molar refractivity (Wildman–Crippen MR) is 170 cm³/mol. The summed E-state index contributed by atoms with van der Waals surface area (Å²) in [5.74, 6) is -2.24. The SMILES string of the molecule is Cc1cc(C)c([NH][Hf]([Cl])([Cl])([c]2cccc3c2Cc2ccccc2-3)[SiH](c2ccccc2)c2ccccc2)c(C)c1. The van der Waals surface area contributed by atoms with Gasteiger partial charge < -0.3 is 0 Å². The van der Waals surface area contributed by atoms with E-state index in [2.05, 4.69) is 139 Å². The number of hydrogen-bond acceptors (Lipinski definition) is 1. The molecule has 0 atom stereocenters. The van der Waals surface area contributed by atoms with Gasteiger partial charge in [-0.1, -0.05) is 0 Å². The molecule has 0 saturated carbocycles. The van der Waals surface area contributed by atoms with Crippen molar-refractivity contribution in [1.29, 1.82) is 0 Å². The van der Waals surface area contributed by atoms with E-state index in [9.17, 15) is 0 Å². The van der Waals surface area contributed by atoms with Crippen LogP contribution in [0.2, 0.25) is 0 Å². The van der Waals surface area contributed by atoms with Crippen molar-refractivity contribution in [3.63, 3.8) is 0 Å². The van der Waals surface area contributed by atoms with Crippen LogP contribution in [0.15, 0.2) is 115 Å². The third kappa shape index (κ3) is 4.68. The molecule has 0 unspecified atom stereocenters. The molecule has 1 N–H and O–H groups in total. The van der Waals surface area contributed by atoms with E-state index in [0.29, 0.717) is 0 Å². The van der Waals surface area contributed by atoms with Crippen molar-refractivity contribution in [2.24, 2.45) is 0 Å². The number of halogens is 2. The molecule has 39 heavy (non-hydrogen) atoms. The average Bonchev–Trinajstić information content (AvgIpc) is 3.31. The van der Waals surface area contributed by atoms with Crippen molar-refractivity contribution in [2.75, 3.05) is 3.30 Å². The van der Waals surface area contributed by atoms with E-state index in [4.69, 9.17) is 17.2 Å². The average molecular weight is 732 g/mol. The Morgan fingerprint density at radius 3 is 1.79 bits per heavy atom. The molecule has 0 amide bonds. The van der Waals surface area contributed by atoms with Crippen molar-refractivity contribution in [3.05, 3.63) is 143 Å². The molecule has 0 fully saturated rings. The Kier molecular flexibility index (Phi) is 7.00. The predicted octanol–water partition coefficient (Wildman–Crippen LogP) is 7.37. The van der Waals surface area contributed by atoms with Gasteiger partial charge in [-0.15, -0.1) is 0 Å². The van der Waals surface area contributed by atoms with Crippen molar-refractivity contribution in [3.8, 4) is 11.1 Å². The van der Waals surface area contributed by atoms with Gasteiger partial charge in [0.25, 0.3) is 0 Å². The van der Waals surface area contributed by atoms with Crippen LogP contribution in [0.3, 0.4) is 0 Å². The van der Waals surface area contributed by atoms with E-state index in [0.717, 1.165) is 15.4 Å². The number of hydrogen-bond donors (Lipinski definition) is 1. The van der Waals surface area contributed by atoms with Gasteiger partial charge in [0.15, 0.2) is 0 Å². The fourth-order valence-corrected chi connectivity index (χ4v) is 59.5. The van der Waals surface area contributed by atoms with Crippen LogP contribution >= 0.6 is 17.2 Å². The first-order valence-electron chi connectivity index (χ1n) is 13.5. The van der Waals surface area contributed by atoms with Gasteiger partial charge in [-0.2, -0.15) is 0 Å². The number of fused-ring (bicyclic) bond motifs is 3. The normalized spacial score (nSPS) is 13.4. The number of rotatable bonds is 6. The Balaban J connectivity index is 1.68. The third-order valence-electron chi connectivity index (χ3n) is 8.15. The van der Waals surface area contributed by atoms with Crippen LogP contribution in [-0.4, -0.2) is 5.98 Å². The molecular formula is C34H32Cl2HfNSi. The molecule has 0 radical (unpaired) electrons. The molecule has 0 saturated heterocycles. The summed E-state index contributed by atoms with van der Waals surface area (Å²) < 4.78 is 5.24. The molecule has 1 nitrogen and oxygen atoms in total.